The number of aryl methyl sites for hydroxylation is 1. The van der Waals surface area contributed by atoms with Gasteiger partial charge in [-0.3, -0.25) is 4.79 Å². The Morgan fingerprint density at radius 3 is 2.78 bits per heavy atom. The molecule has 0 fully saturated rings. The van der Waals surface area contributed by atoms with Crippen molar-refractivity contribution in [1.82, 2.24) is 0 Å². The maximum atomic E-state index is 12.6. The molecule has 1 aliphatic rings. The molecule has 0 aliphatic heterocycles. The molecule has 2 aromatic rings. The summed E-state index contributed by atoms with van der Waals surface area (Å²) in [4.78, 5) is 13.7. The largest absolute Gasteiger partial charge is 0.506 e. The van der Waals surface area contributed by atoms with E-state index in [0.29, 0.717) is 19.2 Å². The molecule has 1 aliphatic carbocycles. The molecule has 0 saturated carbocycles. The molecule has 27 heavy (non-hydrogen) atoms. The molecule has 0 spiro atoms. The number of nitriles is 2. The Bertz CT molecular complexity index is 1050. The summed E-state index contributed by atoms with van der Waals surface area (Å²) in [5, 5.41) is 32.6. The number of aromatic hydroxyl groups is 1. The van der Waals surface area contributed by atoms with Gasteiger partial charge in [-0.25, -0.2) is 0 Å². The summed E-state index contributed by atoms with van der Waals surface area (Å²) in [7, 11) is 0. The third-order valence-electron chi connectivity index (χ3n) is 4.23. The van der Waals surface area contributed by atoms with E-state index in [1.54, 1.807) is 6.07 Å². The standard InChI is InChI=1S/C19H13ClIN3O2S/c20-12-6-10(17(25)15(21)7-12)5-11(8-22)18(26)24-19-14(9-23)13-3-1-2-4-16(13)27-19/h5-7,25H,1-4H2,(H,24,26)/b11-5+. The Morgan fingerprint density at radius 2 is 2.07 bits per heavy atom. The lowest BCUT2D eigenvalue weighted by Crippen LogP contribution is -2.13. The van der Waals surface area contributed by atoms with Crippen LogP contribution in [0, 0.1) is 26.2 Å². The third-order valence-corrected chi connectivity index (χ3v) is 6.48. The van der Waals surface area contributed by atoms with Gasteiger partial charge < -0.3 is 10.4 Å². The lowest BCUT2D eigenvalue weighted by molar-refractivity contribution is -0.112. The van der Waals surface area contributed by atoms with Crippen molar-refractivity contribution in [2.75, 3.05) is 5.32 Å². The van der Waals surface area contributed by atoms with E-state index < -0.39 is 5.91 Å². The molecule has 136 valence electrons. The number of nitrogens with one attached hydrogen (secondary N) is 1. The van der Waals surface area contributed by atoms with E-state index in [9.17, 15) is 20.4 Å². The second kappa shape index (κ2) is 8.30. The van der Waals surface area contributed by atoms with Crippen molar-refractivity contribution in [2.45, 2.75) is 25.7 Å². The van der Waals surface area contributed by atoms with Gasteiger partial charge in [-0.05, 0) is 72.0 Å². The molecule has 1 heterocycles. The Labute approximate surface area is 179 Å². The number of hydrogen-bond donors (Lipinski definition) is 2. The zero-order chi connectivity index (χ0) is 19.6. The van der Waals surface area contributed by atoms with E-state index >= 15 is 0 Å². The summed E-state index contributed by atoms with van der Waals surface area (Å²) in [6.07, 6.45) is 5.13. The molecule has 2 N–H and O–H groups in total. The lowest BCUT2D eigenvalue weighted by atomic mass is 9.96. The van der Waals surface area contributed by atoms with Crippen LogP contribution in [0.3, 0.4) is 0 Å². The van der Waals surface area contributed by atoms with Crippen LogP contribution in [-0.4, -0.2) is 11.0 Å². The summed E-state index contributed by atoms with van der Waals surface area (Å²) in [5.41, 5.74) is 1.59. The first-order chi connectivity index (χ1) is 12.9. The Kier molecular flexibility index (Phi) is 6.05. The molecule has 0 radical (unpaired) electrons. The van der Waals surface area contributed by atoms with E-state index in [1.165, 1.54) is 23.5 Å². The van der Waals surface area contributed by atoms with Crippen LogP contribution < -0.4 is 5.32 Å². The smallest absolute Gasteiger partial charge is 0.266 e. The number of hydrogen-bond acceptors (Lipinski definition) is 5. The van der Waals surface area contributed by atoms with Crippen molar-refractivity contribution in [3.63, 3.8) is 0 Å². The van der Waals surface area contributed by atoms with Gasteiger partial charge in [0.25, 0.3) is 5.91 Å². The molecule has 1 amide bonds. The van der Waals surface area contributed by atoms with Gasteiger partial charge in [0.15, 0.2) is 0 Å². The Balaban J connectivity index is 1.93. The quantitative estimate of drug-likeness (QED) is 0.345. The highest BCUT2D eigenvalue weighted by Crippen LogP contribution is 2.38. The third kappa shape index (κ3) is 4.11. The number of rotatable bonds is 3. The predicted octanol–water partition coefficient (Wildman–Crippen LogP) is 5.01. The van der Waals surface area contributed by atoms with E-state index in [1.807, 2.05) is 28.7 Å². The van der Waals surface area contributed by atoms with E-state index in [4.69, 9.17) is 11.6 Å². The fourth-order valence-corrected chi connectivity index (χ4v) is 5.24. The molecular weight excluding hydrogens is 497 g/mol. The van der Waals surface area contributed by atoms with Crippen molar-refractivity contribution in [3.05, 3.63) is 47.9 Å². The summed E-state index contributed by atoms with van der Waals surface area (Å²) >= 11 is 9.31. The van der Waals surface area contributed by atoms with E-state index in [0.717, 1.165) is 36.1 Å². The fourth-order valence-electron chi connectivity index (χ4n) is 2.94. The van der Waals surface area contributed by atoms with Crippen LogP contribution in [0.5, 0.6) is 5.75 Å². The van der Waals surface area contributed by atoms with Crippen molar-refractivity contribution in [1.29, 1.82) is 10.5 Å². The summed E-state index contributed by atoms with van der Waals surface area (Å²) in [6.45, 7) is 0. The van der Waals surface area contributed by atoms with Gasteiger partial charge in [0.05, 0.1) is 9.13 Å². The number of carbonyl (C=O) groups is 1. The SMILES string of the molecule is N#C/C(=C\c1cc(Cl)cc(I)c1O)C(=O)Nc1sc2c(c1C#N)CCCC2. The number of thiophene rings is 1. The highest BCUT2D eigenvalue weighted by atomic mass is 127. The molecule has 0 bridgehead atoms. The summed E-state index contributed by atoms with van der Waals surface area (Å²) in [6, 6.07) is 7.08. The number of fused-ring (bicyclic) bond motifs is 1. The highest BCUT2D eigenvalue weighted by molar-refractivity contribution is 14.1. The average Bonchev–Trinajstić information content (AvgIpc) is 3.00. The maximum Gasteiger partial charge on any atom is 0.266 e. The number of phenolic OH excluding ortho intramolecular Hbond substituents is 1. The minimum absolute atomic E-state index is 0.0511. The first-order valence-electron chi connectivity index (χ1n) is 8.10. The number of nitrogens with zero attached hydrogens (tertiary/aromatic N) is 2. The van der Waals surface area contributed by atoms with Crippen molar-refractivity contribution in [2.24, 2.45) is 0 Å². The van der Waals surface area contributed by atoms with Crippen LogP contribution in [0.2, 0.25) is 5.02 Å². The van der Waals surface area contributed by atoms with Crippen molar-refractivity contribution >= 4 is 62.5 Å². The zero-order valence-corrected chi connectivity index (χ0v) is 17.7. The lowest BCUT2D eigenvalue weighted by Gasteiger charge is -2.09. The number of benzene rings is 1. The van der Waals surface area contributed by atoms with Gasteiger partial charge >= 0.3 is 0 Å². The number of halogens is 2. The van der Waals surface area contributed by atoms with Gasteiger partial charge in [0.1, 0.15) is 28.5 Å². The molecule has 0 unspecified atom stereocenters. The number of anilines is 1. The zero-order valence-electron chi connectivity index (χ0n) is 14.0. The van der Waals surface area contributed by atoms with Crippen LogP contribution in [0.25, 0.3) is 6.08 Å². The monoisotopic (exact) mass is 509 g/mol. The van der Waals surface area contributed by atoms with Gasteiger partial charge in [-0.2, -0.15) is 10.5 Å². The van der Waals surface area contributed by atoms with Crippen LogP contribution in [0.4, 0.5) is 5.00 Å². The fraction of sp³-hybridized carbons (Fsp3) is 0.211. The molecule has 0 atom stereocenters. The average molecular weight is 510 g/mol. The van der Waals surface area contributed by atoms with Crippen molar-refractivity contribution in [3.8, 4) is 17.9 Å². The minimum atomic E-state index is -0.623. The predicted molar refractivity (Wildman–Crippen MR) is 114 cm³/mol. The van der Waals surface area contributed by atoms with Gasteiger partial charge in [-0.1, -0.05) is 11.6 Å². The molecule has 1 aromatic carbocycles. The van der Waals surface area contributed by atoms with Crippen LogP contribution in [0.1, 0.15) is 34.4 Å². The summed E-state index contributed by atoms with van der Waals surface area (Å²) in [5.74, 6) is -0.674. The van der Waals surface area contributed by atoms with Gasteiger partial charge in [0, 0.05) is 15.5 Å². The number of carbonyl (C=O) groups excluding carboxylic acids is 1. The van der Waals surface area contributed by atoms with Crippen LogP contribution >= 0.6 is 45.5 Å². The minimum Gasteiger partial charge on any atom is -0.506 e. The number of amides is 1. The molecule has 1 aromatic heterocycles. The van der Waals surface area contributed by atoms with Crippen LogP contribution in [0.15, 0.2) is 17.7 Å². The second-order valence-electron chi connectivity index (χ2n) is 5.98. The van der Waals surface area contributed by atoms with Crippen LogP contribution in [-0.2, 0) is 17.6 Å². The molecule has 3 rings (SSSR count). The van der Waals surface area contributed by atoms with Gasteiger partial charge in [0.2, 0.25) is 0 Å². The van der Waals surface area contributed by atoms with Crippen molar-refractivity contribution < 1.29 is 9.90 Å². The molecule has 0 saturated heterocycles. The maximum absolute atomic E-state index is 12.6. The summed E-state index contributed by atoms with van der Waals surface area (Å²) < 4.78 is 0.516. The first kappa shape index (κ1) is 19.7. The molecule has 5 nitrogen and oxygen atoms in total. The van der Waals surface area contributed by atoms with E-state index in [2.05, 4.69) is 11.4 Å². The topological polar surface area (TPSA) is 96.9 Å². The Hall–Kier alpha value is -2.07. The normalized spacial score (nSPS) is 13.4. The Morgan fingerprint density at radius 1 is 1.33 bits per heavy atom. The molecular formula is C19H13ClIN3O2S. The van der Waals surface area contributed by atoms with Gasteiger partial charge in [-0.15, -0.1) is 11.3 Å². The van der Waals surface area contributed by atoms with E-state index in [-0.39, 0.29) is 16.9 Å². The number of phenols is 1. The molecule has 8 heteroatoms. The first-order valence-corrected chi connectivity index (χ1v) is 10.4. The second-order valence-corrected chi connectivity index (χ2v) is 8.68. The highest BCUT2D eigenvalue weighted by Gasteiger charge is 2.23.